The number of hydrogen-bond donors (Lipinski definition) is 0. The summed E-state index contributed by atoms with van der Waals surface area (Å²) in [6.07, 6.45) is 3.29. The third-order valence-electron chi connectivity index (χ3n) is 4.46. The quantitative estimate of drug-likeness (QED) is 0.674. The van der Waals surface area contributed by atoms with Gasteiger partial charge in [0.1, 0.15) is 6.61 Å². The third kappa shape index (κ3) is 4.89. The maximum Gasteiger partial charge on any atom is 0.252 e. The van der Waals surface area contributed by atoms with Crippen LogP contribution in [0.5, 0.6) is 0 Å². The van der Waals surface area contributed by atoms with E-state index in [9.17, 15) is 4.79 Å². The molecule has 0 N–H and O–H groups in total. The number of ether oxygens (including phenoxy) is 2. The Bertz CT molecular complexity index is 689. The number of piperidine rings is 1. The van der Waals surface area contributed by atoms with Gasteiger partial charge in [0.25, 0.3) is 5.89 Å². The molecule has 0 radical (unpaired) electrons. The molecule has 2 aromatic rings. The van der Waals surface area contributed by atoms with Crippen molar-refractivity contribution in [2.45, 2.75) is 38.3 Å². The number of nitrogens with zero attached hydrogens (tertiary/aromatic N) is 3. The molecule has 2 heterocycles. The molecular formula is C19H25N3O4. The molecule has 1 unspecified atom stereocenters. The van der Waals surface area contributed by atoms with E-state index in [1.165, 1.54) is 0 Å². The molecule has 1 aliphatic rings. The van der Waals surface area contributed by atoms with E-state index in [2.05, 4.69) is 10.1 Å². The van der Waals surface area contributed by atoms with Gasteiger partial charge in [-0.3, -0.25) is 4.79 Å². The average Bonchev–Trinajstić information content (AvgIpc) is 3.15. The van der Waals surface area contributed by atoms with Crippen molar-refractivity contribution in [3.8, 4) is 0 Å². The molecule has 0 saturated carbocycles. The lowest BCUT2D eigenvalue weighted by molar-refractivity contribution is -0.134. The van der Waals surface area contributed by atoms with Gasteiger partial charge in [-0.05, 0) is 24.8 Å². The number of amides is 1. The smallest absolute Gasteiger partial charge is 0.252 e. The Morgan fingerprint density at radius 2 is 2.12 bits per heavy atom. The van der Waals surface area contributed by atoms with Crippen molar-refractivity contribution < 1.29 is 18.8 Å². The molecule has 7 nitrogen and oxygen atoms in total. The molecule has 7 heteroatoms. The van der Waals surface area contributed by atoms with Gasteiger partial charge in [-0.1, -0.05) is 35.5 Å². The van der Waals surface area contributed by atoms with Gasteiger partial charge in [0.15, 0.2) is 5.82 Å². The first-order valence-corrected chi connectivity index (χ1v) is 9.00. The van der Waals surface area contributed by atoms with Gasteiger partial charge < -0.3 is 18.9 Å². The highest BCUT2D eigenvalue weighted by Crippen LogP contribution is 2.29. The fourth-order valence-corrected chi connectivity index (χ4v) is 3.13. The molecule has 1 aromatic carbocycles. The van der Waals surface area contributed by atoms with E-state index in [0.717, 1.165) is 31.4 Å². The van der Waals surface area contributed by atoms with Crippen molar-refractivity contribution in [1.29, 1.82) is 0 Å². The Morgan fingerprint density at radius 1 is 1.27 bits per heavy atom. The maximum atomic E-state index is 12.8. The molecule has 3 rings (SSSR count). The van der Waals surface area contributed by atoms with Gasteiger partial charge in [0.2, 0.25) is 5.91 Å². The van der Waals surface area contributed by atoms with Crippen LogP contribution in [0, 0.1) is 0 Å². The third-order valence-corrected chi connectivity index (χ3v) is 4.46. The first kappa shape index (κ1) is 18.5. The standard InChI is InChI=1S/C19H25N3O4/c1-24-11-12-25-14-17-20-19(21-26-17)16-9-5-6-10-22(16)18(23)13-15-7-3-2-4-8-15/h2-4,7-8,16H,5-6,9-14H2,1H3. The number of carbonyl (C=O) groups excluding carboxylic acids is 1. The van der Waals surface area contributed by atoms with Gasteiger partial charge in [-0.15, -0.1) is 0 Å². The summed E-state index contributed by atoms with van der Waals surface area (Å²) >= 11 is 0. The van der Waals surface area contributed by atoms with Gasteiger partial charge in [-0.25, -0.2) is 0 Å². The van der Waals surface area contributed by atoms with Crippen molar-refractivity contribution >= 4 is 5.91 Å². The maximum absolute atomic E-state index is 12.8. The Labute approximate surface area is 153 Å². The van der Waals surface area contributed by atoms with E-state index in [1.54, 1.807) is 7.11 Å². The number of likely N-dealkylation sites (tertiary alicyclic amines) is 1. The number of carbonyl (C=O) groups is 1. The van der Waals surface area contributed by atoms with E-state index in [1.807, 2.05) is 35.2 Å². The summed E-state index contributed by atoms with van der Waals surface area (Å²) in [6.45, 7) is 1.97. The van der Waals surface area contributed by atoms with Gasteiger partial charge in [-0.2, -0.15) is 4.98 Å². The Balaban J connectivity index is 1.63. The Kier molecular flexibility index (Phi) is 6.74. The summed E-state index contributed by atoms with van der Waals surface area (Å²) in [5, 5.41) is 4.09. The predicted octanol–water partition coefficient (Wildman–Crippen LogP) is 2.53. The Morgan fingerprint density at radius 3 is 2.92 bits per heavy atom. The number of aromatic nitrogens is 2. The summed E-state index contributed by atoms with van der Waals surface area (Å²) in [4.78, 5) is 19.1. The monoisotopic (exact) mass is 359 g/mol. The predicted molar refractivity (Wildman–Crippen MR) is 94.3 cm³/mol. The zero-order valence-electron chi connectivity index (χ0n) is 15.1. The largest absolute Gasteiger partial charge is 0.382 e. The van der Waals surface area contributed by atoms with Crippen LogP contribution in [0.15, 0.2) is 34.9 Å². The molecule has 140 valence electrons. The van der Waals surface area contributed by atoms with E-state index in [0.29, 0.717) is 31.3 Å². The lowest BCUT2D eigenvalue weighted by Crippen LogP contribution is -2.39. The molecular weight excluding hydrogens is 334 g/mol. The topological polar surface area (TPSA) is 77.7 Å². The minimum Gasteiger partial charge on any atom is -0.382 e. The minimum absolute atomic E-state index is 0.101. The zero-order chi connectivity index (χ0) is 18.2. The van der Waals surface area contributed by atoms with Gasteiger partial charge in [0.05, 0.1) is 25.7 Å². The van der Waals surface area contributed by atoms with E-state index < -0.39 is 0 Å². The zero-order valence-corrected chi connectivity index (χ0v) is 15.1. The molecule has 26 heavy (non-hydrogen) atoms. The first-order chi connectivity index (χ1) is 12.8. The van der Waals surface area contributed by atoms with Gasteiger partial charge >= 0.3 is 0 Å². The molecule has 1 amide bonds. The average molecular weight is 359 g/mol. The highest BCUT2D eigenvalue weighted by Gasteiger charge is 2.31. The molecule has 0 bridgehead atoms. The normalized spacial score (nSPS) is 17.4. The Hall–Kier alpha value is -2.25. The number of methoxy groups -OCH3 is 1. The summed E-state index contributed by atoms with van der Waals surface area (Å²) in [5.41, 5.74) is 1.02. The highest BCUT2D eigenvalue weighted by atomic mass is 16.5. The van der Waals surface area contributed by atoms with Crippen LogP contribution in [0.2, 0.25) is 0 Å². The van der Waals surface area contributed by atoms with Crippen LogP contribution in [-0.2, 0) is 27.3 Å². The van der Waals surface area contributed by atoms with Crippen LogP contribution in [0.25, 0.3) is 0 Å². The van der Waals surface area contributed by atoms with E-state index in [4.69, 9.17) is 14.0 Å². The van der Waals surface area contributed by atoms with E-state index >= 15 is 0 Å². The molecule has 0 aliphatic carbocycles. The lowest BCUT2D eigenvalue weighted by atomic mass is 10.00. The minimum atomic E-state index is -0.128. The van der Waals surface area contributed by atoms with E-state index in [-0.39, 0.29) is 18.6 Å². The summed E-state index contributed by atoms with van der Waals surface area (Å²) in [5.74, 6) is 1.09. The van der Waals surface area contributed by atoms with Crippen molar-refractivity contribution in [2.75, 3.05) is 26.9 Å². The van der Waals surface area contributed by atoms with Crippen LogP contribution >= 0.6 is 0 Å². The molecule has 1 saturated heterocycles. The highest BCUT2D eigenvalue weighted by molar-refractivity contribution is 5.79. The van der Waals surface area contributed by atoms with Crippen LogP contribution in [0.4, 0.5) is 0 Å². The van der Waals surface area contributed by atoms with Crippen LogP contribution < -0.4 is 0 Å². The second-order valence-electron chi connectivity index (χ2n) is 6.35. The van der Waals surface area contributed by atoms with Crippen molar-refractivity contribution in [3.05, 3.63) is 47.6 Å². The van der Waals surface area contributed by atoms with Crippen molar-refractivity contribution in [1.82, 2.24) is 15.0 Å². The summed E-state index contributed by atoms with van der Waals surface area (Å²) in [6, 6.07) is 9.67. The number of rotatable bonds is 8. The summed E-state index contributed by atoms with van der Waals surface area (Å²) < 4.78 is 15.6. The molecule has 1 aromatic heterocycles. The molecule has 1 aliphatic heterocycles. The fraction of sp³-hybridized carbons (Fsp3) is 0.526. The molecule has 1 atom stereocenters. The molecule has 1 fully saturated rings. The van der Waals surface area contributed by atoms with Crippen LogP contribution in [0.3, 0.4) is 0 Å². The first-order valence-electron chi connectivity index (χ1n) is 9.00. The second kappa shape index (κ2) is 9.45. The lowest BCUT2D eigenvalue weighted by Gasteiger charge is -2.34. The van der Waals surface area contributed by atoms with Crippen LogP contribution in [-0.4, -0.2) is 47.8 Å². The fourth-order valence-electron chi connectivity index (χ4n) is 3.13. The number of hydrogen-bond acceptors (Lipinski definition) is 6. The van der Waals surface area contributed by atoms with Crippen molar-refractivity contribution in [2.24, 2.45) is 0 Å². The number of benzene rings is 1. The second-order valence-corrected chi connectivity index (χ2v) is 6.35. The molecule has 0 spiro atoms. The summed E-state index contributed by atoms with van der Waals surface area (Å²) in [7, 11) is 1.62. The SMILES string of the molecule is COCCOCc1nc(C2CCCCN2C(=O)Cc2ccccc2)no1. The van der Waals surface area contributed by atoms with Crippen molar-refractivity contribution in [3.63, 3.8) is 0 Å². The van der Waals surface area contributed by atoms with Crippen LogP contribution in [0.1, 0.15) is 42.6 Å². The van der Waals surface area contributed by atoms with Gasteiger partial charge in [0, 0.05) is 13.7 Å².